The number of hydrogen-bond donors (Lipinski definition) is 1. The number of anilines is 1. The van der Waals surface area contributed by atoms with E-state index in [-0.39, 0.29) is 6.04 Å². The average Bonchev–Trinajstić information content (AvgIpc) is 2.33. The minimum absolute atomic E-state index is 0.257. The van der Waals surface area contributed by atoms with Crippen LogP contribution in [0.3, 0.4) is 0 Å². The van der Waals surface area contributed by atoms with Crippen LogP contribution in [0.2, 0.25) is 5.02 Å². The van der Waals surface area contributed by atoms with Crippen molar-refractivity contribution in [2.45, 2.75) is 40.7 Å². The second-order valence-electron chi connectivity index (χ2n) is 5.59. The van der Waals surface area contributed by atoms with Crippen LogP contribution in [0.1, 0.15) is 40.8 Å². The molecular formula is C18H22ClN. The van der Waals surface area contributed by atoms with Crippen LogP contribution in [0.5, 0.6) is 0 Å². The van der Waals surface area contributed by atoms with Crippen LogP contribution < -0.4 is 5.32 Å². The number of nitrogens with one attached hydrogen (secondary N) is 1. The van der Waals surface area contributed by atoms with Gasteiger partial charge in [0, 0.05) is 16.8 Å². The molecule has 0 aliphatic carbocycles. The monoisotopic (exact) mass is 287 g/mol. The van der Waals surface area contributed by atoms with Crippen molar-refractivity contribution in [2.24, 2.45) is 0 Å². The Morgan fingerprint density at radius 2 is 1.60 bits per heavy atom. The topological polar surface area (TPSA) is 12.0 Å². The molecule has 0 aliphatic rings. The number of aryl methyl sites for hydroxylation is 3. The van der Waals surface area contributed by atoms with E-state index >= 15 is 0 Å². The molecule has 2 heteroatoms. The third-order valence-corrected chi connectivity index (χ3v) is 4.22. The van der Waals surface area contributed by atoms with Gasteiger partial charge in [0.1, 0.15) is 0 Å². The zero-order valence-electron chi connectivity index (χ0n) is 12.8. The summed E-state index contributed by atoms with van der Waals surface area (Å²) in [5.41, 5.74) is 7.56. The van der Waals surface area contributed by atoms with Gasteiger partial charge in [0.2, 0.25) is 0 Å². The van der Waals surface area contributed by atoms with Gasteiger partial charge in [-0.25, -0.2) is 0 Å². The van der Waals surface area contributed by atoms with Gasteiger partial charge in [-0.15, -0.1) is 0 Å². The molecule has 0 saturated heterocycles. The molecule has 1 nitrogen and oxygen atoms in total. The highest BCUT2D eigenvalue weighted by Gasteiger charge is 2.13. The lowest BCUT2D eigenvalue weighted by Crippen LogP contribution is -2.11. The highest BCUT2D eigenvalue weighted by molar-refractivity contribution is 6.31. The van der Waals surface area contributed by atoms with Crippen molar-refractivity contribution in [1.82, 2.24) is 0 Å². The molecule has 0 aromatic heterocycles. The minimum Gasteiger partial charge on any atom is -0.378 e. The summed E-state index contributed by atoms with van der Waals surface area (Å²) in [5.74, 6) is 0. The van der Waals surface area contributed by atoms with Gasteiger partial charge < -0.3 is 5.32 Å². The number of halogens is 1. The van der Waals surface area contributed by atoms with E-state index in [9.17, 15) is 0 Å². The highest BCUT2D eigenvalue weighted by Crippen LogP contribution is 2.29. The third kappa shape index (κ3) is 2.99. The van der Waals surface area contributed by atoms with Crippen LogP contribution >= 0.6 is 11.6 Å². The van der Waals surface area contributed by atoms with Gasteiger partial charge in [0.25, 0.3) is 0 Å². The fourth-order valence-electron chi connectivity index (χ4n) is 2.94. The molecule has 2 aromatic rings. The summed E-state index contributed by atoms with van der Waals surface area (Å²) in [6, 6.07) is 10.7. The SMILES string of the molecule is Cc1cc(C)c(C(C)Nc2cccc(Cl)c2C)c(C)c1. The Morgan fingerprint density at radius 1 is 1.00 bits per heavy atom. The molecule has 1 atom stereocenters. The van der Waals surface area contributed by atoms with E-state index in [1.165, 1.54) is 22.3 Å². The van der Waals surface area contributed by atoms with Gasteiger partial charge in [-0.05, 0) is 69.0 Å². The molecule has 0 spiro atoms. The summed E-state index contributed by atoms with van der Waals surface area (Å²) in [6.45, 7) is 10.7. The highest BCUT2D eigenvalue weighted by atomic mass is 35.5. The zero-order chi connectivity index (χ0) is 14.9. The summed E-state index contributed by atoms with van der Waals surface area (Å²) < 4.78 is 0. The first kappa shape index (κ1) is 14.9. The first-order valence-corrected chi connectivity index (χ1v) is 7.37. The van der Waals surface area contributed by atoms with Crippen molar-refractivity contribution < 1.29 is 0 Å². The van der Waals surface area contributed by atoms with Crippen molar-refractivity contribution in [3.8, 4) is 0 Å². The Balaban J connectivity index is 2.33. The Kier molecular flexibility index (Phi) is 4.39. The molecule has 2 aromatic carbocycles. The predicted molar refractivity (Wildman–Crippen MR) is 88.9 cm³/mol. The van der Waals surface area contributed by atoms with Gasteiger partial charge in [0.05, 0.1) is 0 Å². The summed E-state index contributed by atoms with van der Waals surface area (Å²) in [7, 11) is 0. The Bertz CT molecular complexity index is 608. The molecular weight excluding hydrogens is 266 g/mol. The summed E-state index contributed by atoms with van der Waals surface area (Å²) in [4.78, 5) is 0. The molecule has 0 saturated carbocycles. The molecule has 0 heterocycles. The van der Waals surface area contributed by atoms with Crippen molar-refractivity contribution >= 4 is 17.3 Å². The second-order valence-corrected chi connectivity index (χ2v) is 6.00. The summed E-state index contributed by atoms with van der Waals surface area (Å²) in [5, 5.41) is 4.39. The van der Waals surface area contributed by atoms with Gasteiger partial charge in [-0.1, -0.05) is 35.4 Å². The van der Waals surface area contributed by atoms with Gasteiger partial charge in [-0.3, -0.25) is 0 Å². The quantitative estimate of drug-likeness (QED) is 0.758. The van der Waals surface area contributed by atoms with Crippen LogP contribution in [0.15, 0.2) is 30.3 Å². The van der Waals surface area contributed by atoms with Gasteiger partial charge >= 0.3 is 0 Å². The largest absolute Gasteiger partial charge is 0.378 e. The smallest absolute Gasteiger partial charge is 0.0490 e. The molecule has 0 fully saturated rings. The molecule has 0 amide bonds. The van der Waals surface area contributed by atoms with E-state index in [2.05, 4.69) is 51.2 Å². The fraction of sp³-hybridized carbons (Fsp3) is 0.333. The number of rotatable bonds is 3. The van der Waals surface area contributed by atoms with Crippen molar-refractivity contribution in [1.29, 1.82) is 0 Å². The predicted octanol–water partition coefficient (Wildman–Crippen LogP) is 5.75. The van der Waals surface area contributed by atoms with E-state index in [1.807, 2.05) is 19.1 Å². The fourth-order valence-corrected chi connectivity index (χ4v) is 3.12. The van der Waals surface area contributed by atoms with Gasteiger partial charge in [-0.2, -0.15) is 0 Å². The lowest BCUT2D eigenvalue weighted by Gasteiger charge is -2.22. The Hall–Kier alpha value is -1.47. The van der Waals surface area contributed by atoms with E-state index in [4.69, 9.17) is 11.6 Å². The maximum atomic E-state index is 6.19. The van der Waals surface area contributed by atoms with Crippen LogP contribution in [-0.2, 0) is 0 Å². The van der Waals surface area contributed by atoms with Crippen LogP contribution in [-0.4, -0.2) is 0 Å². The summed E-state index contributed by atoms with van der Waals surface area (Å²) in [6.07, 6.45) is 0. The lowest BCUT2D eigenvalue weighted by atomic mass is 9.94. The van der Waals surface area contributed by atoms with E-state index in [0.717, 1.165) is 16.3 Å². The molecule has 1 N–H and O–H groups in total. The third-order valence-electron chi connectivity index (χ3n) is 3.81. The standard InChI is InChI=1S/C18H22ClN/c1-11-9-12(2)18(13(3)10-11)15(5)20-17-8-6-7-16(19)14(17)4/h6-10,15,20H,1-5H3. The first-order chi connectivity index (χ1) is 9.40. The van der Waals surface area contributed by atoms with E-state index < -0.39 is 0 Å². The molecule has 0 radical (unpaired) electrons. The van der Waals surface area contributed by atoms with Crippen LogP contribution in [0.4, 0.5) is 5.69 Å². The average molecular weight is 288 g/mol. The number of hydrogen-bond acceptors (Lipinski definition) is 1. The molecule has 0 bridgehead atoms. The number of benzene rings is 2. The molecule has 2 rings (SSSR count). The molecule has 1 unspecified atom stereocenters. The maximum absolute atomic E-state index is 6.19. The second kappa shape index (κ2) is 5.88. The van der Waals surface area contributed by atoms with Crippen molar-refractivity contribution in [3.63, 3.8) is 0 Å². The van der Waals surface area contributed by atoms with Crippen molar-refractivity contribution in [3.05, 3.63) is 63.2 Å². The first-order valence-electron chi connectivity index (χ1n) is 6.99. The molecule has 106 valence electrons. The van der Waals surface area contributed by atoms with E-state index in [1.54, 1.807) is 0 Å². The maximum Gasteiger partial charge on any atom is 0.0490 e. The normalized spacial score (nSPS) is 12.3. The lowest BCUT2D eigenvalue weighted by molar-refractivity contribution is 0.860. The molecule has 0 aliphatic heterocycles. The van der Waals surface area contributed by atoms with Crippen LogP contribution in [0.25, 0.3) is 0 Å². The van der Waals surface area contributed by atoms with Crippen LogP contribution in [0, 0.1) is 27.7 Å². The zero-order valence-corrected chi connectivity index (χ0v) is 13.6. The molecule has 20 heavy (non-hydrogen) atoms. The summed E-state index contributed by atoms with van der Waals surface area (Å²) >= 11 is 6.19. The van der Waals surface area contributed by atoms with Crippen molar-refractivity contribution in [2.75, 3.05) is 5.32 Å². The van der Waals surface area contributed by atoms with Gasteiger partial charge in [0.15, 0.2) is 0 Å². The Morgan fingerprint density at radius 3 is 2.20 bits per heavy atom. The minimum atomic E-state index is 0.257. The Labute approximate surface area is 127 Å². The van der Waals surface area contributed by atoms with E-state index in [0.29, 0.717) is 0 Å².